The van der Waals surface area contributed by atoms with Crippen LogP contribution in [0.4, 0.5) is 0 Å². The fourth-order valence-electron chi connectivity index (χ4n) is 0.941. The molecule has 1 aromatic rings. The number of phenolic OH excluding ortho intramolecular Hbond substituents is 3. The van der Waals surface area contributed by atoms with Gasteiger partial charge in [-0.15, -0.1) is 0 Å². The van der Waals surface area contributed by atoms with Crippen LogP contribution in [0.3, 0.4) is 0 Å². The topological polar surface area (TPSA) is 102 Å². The van der Waals surface area contributed by atoms with E-state index in [0.717, 1.165) is 0 Å². The van der Waals surface area contributed by atoms with Gasteiger partial charge in [-0.2, -0.15) is 0 Å². The molecular weight excluding hydrogens is 188 g/mol. The Balaban J connectivity index is 2.78. The van der Waals surface area contributed by atoms with Crippen LogP contribution in [-0.4, -0.2) is 21.7 Å². The maximum Gasteiger partial charge on any atom is 0.221 e. The zero-order chi connectivity index (χ0) is 10.6. The van der Waals surface area contributed by atoms with Crippen molar-refractivity contribution in [3.05, 3.63) is 17.7 Å². The number of benzene rings is 1. The average Bonchev–Trinajstić information content (AvgIpc) is 2.18. The van der Waals surface area contributed by atoms with E-state index in [-0.39, 0.29) is 6.54 Å². The van der Waals surface area contributed by atoms with Crippen molar-refractivity contribution < 1.29 is 20.1 Å². The molecule has 14 heavy (non-hydrogen) atoms. The van der Waals surface area contributed by atoms with Gasteiger partial charge in [0.2, 0.25) is 12.2 Å². The minimum Gasteiger partial charge on any atom is -0.504 e. The third-order valence-electron chi connectivity index (χ3n) is 1.65. The Kier molecular flexibility index (Phi) is 3.14. The molecule has 0 aromatic heterocycles. The summed E-state index contributed by atoms with van der Waals surface area (Å²) in [5.74, 6) is -1.38. The van der Waals surface area contributed by atoms with Gasteiger partial charge in [-0.3, -0.25) is 10.2 Å². The van der Waals surface area contributed by atoms with Crippen molar-refractivity contribution >= 4 is 6.41 Å². The summed E-state index contributed by atoms with van der Waals surface area (Å²) in [6, 6.07) is 2.66. The van der Waals surface area contributed by atoms with Crippen LogP contribution in [0, 0.1) is 0 Å². The fourth-order valence-corrected chi connectivity index (χ4v) is 0.941. The molecule has 0 spiro atoms. The van der Waals surface area contributed by atoms with E-state index in [1.807, 2.05) is 0 Å². The predicted molar refractivity (Wildman–Crippen MR) is 47.5 cm³/mol. The first-order valence-corrected chi connectivity index (χ1v) is 3.81. The number of aromatic hydroxyl groups is 3. The van der Waals surface area contributed by atoms with E-state index in [2.05, 4.69) is 10.9 Å². The van der Waals surface area contributed by atoms with E-state index in [1.165, 1.54) is 12.1 Å². The summed E-state index contributed by atoms with van der Waals surface area (Å²) in [7, 11) is 0. The van der Waals surface area contributed by atoms with E-state index >= 15 is 0 Å². The summed E-state index contributed by atoms with van der Waals surface area (Å²) in [5.41, 5.74) is 5.00. The minimum absolute atomic E-state index is 0.137. The van der Waals surface area contributed by atoms with Gasteiger partial charge < -0.3 is 15.3 Å². The molecule has 0 aliphatic heterocycles. The quantitative estimate of drug-likeness (QED) is 0.195. The van der Waals surface area contributed by atoms with Gasteiger partial charge in [0.15, 0.2) is 11.5 Å². The van der Waals surface area contributed by atoms with Crippen LogP contribution >= 0.6 is 0 Å². The molecule has 0 aliphatic rings. The Morgan fingerprint density at radius 2 is 1.93 bits per heavy atom. The molecule has 6 heteroatoms. The number of nitrogens with one attached hydrogen (secondary N) is 2. The summed E-state index contributed by atoms with van der Waals surface area (Å²) in [6.45, 7) is 0.137. The summed E-state index contributed by atoms with van der Waals surface area (Å²) in [5, 5.41) is 27.4. The van der Waals surface area contributed by atoms with Gasteiger partial charge in [0, 0.05) is 12.1 Å². The third kappa shape index (κ3) is 2.05. The molecule has 1 aromatic carbocycles. The standard InChI is InChI=1S/C8H10N2O4/c11-4-10-9-3-5-1-2-6(12)8(14)7(5)13/h1-2,4,9,12-14H,3H2,(H,10,11). The van der Waals surface area contributed by atoms with Gasteiger partial charge in [0.25, 0.3) is 0 Å². The van der Waals surface area contributed by atoms with Gasteiger partial charge in [-0.1, -0.05) is 6.07 Å². The molecule has 0 heterocycles. The van der Waals surface area contributed by atoms with E-state index in [1.54, 1.807) is 0 Å². The zero-order valence-corrected chi connectivity index (χ0v) is 7.19. The molecule has 0 aliphatic carbocycles. The molecule has 76 valence electrons. The maximum absolute atomic E-state index is 9.88. The molecule has 0 unspecified atom stereocenters. The summed E-state index contributed by atoms with van der Waals surface area (Å²) in [4.78, 5) is 9.88. The molecule has 5 N–H and O–H groups in total. The Bertz CT molecular complexity index is 340. The molecule has 0 radical (unpaired) electrons. The summed E-state index contributed by atoms with van der Waals surface area (Å²) >= 11 is 0. The second-order valence-electron chi connectivity index (χ2n) is 2.56. The Labute approximate surface area is 79.8 Å². The third-order valence-corrected chi connectivity index (χ3v) is 1.65. The second-order valence-corrected chi connectivity index (χ2v) is 2.56. The first kappa shape index (κ1) is 10.1. The molecule has 1 amide bonds. The van der Waals surface area contributed by atoms with E-state index in [4.69, 9.17) is 10.2 Å². The Morgan fingerprint density at radius 3 is 2.57 bits per heavy atom. The second kappa shape index (κ2) is 4.33. The van der Waals surface area contributed by atoms with Crippen molar-refractivity contribution in [2.75, 3.05) is 0 Å². The van der Waals surface area contributed by atoms with Crippen LogP contribution in [0.1, 0.15) is 5.56 Å². The van der Waals surface area contributed by atoms with Gasteiger partial charge in [-0.25, -0.2) is 5.43 Å². The lowest BCUT2D eigenvalue weighted by atomic mass is 10.2. The van der Waals surface area contributed by atoms with Crippen LogP contribution in [0.25, 0.3) is 0 Å². The van der Waals surface area contributed by atoms with Crippen molar-refractivity contribution in [1.82, 2.24) is 10.9 Å². The minimum atomic E-state index is -0.574. The monoisotopic (exact) mass is 198 g/mol. The highest BCUT2D eigenvalue weighted by molar-refractivity contribution is 5.53. The van der Waals surface area contributed by atoms with Gasteiger partial charge in [0.1, 0.15) is 0 Å². The number of hydrogen-bond acceptors (Lipinski definition) is 5. The van der Waals surface area contributed by atoms with Crippen LogP contribution in [-0.2, 0) is 11.3 Å². The van der Waals surface area contributed by atoms with Crippen LogP contribution < -0.4 is 10.9 Å². The van der Waals surface area contributed by atoms with Crippen molar-refractivity contribution in [1.29, 1.82) is 0 Å². The van der Waals surface area contributed by atoms with Gasteiger partial charge in [0.05, 0.1) is 0 Å². The van der Waals surface area contributed by atoms with E-state index < -0.39 is 17.2 Å². The highest BCUT2D eigenvalue weighted by Crippen LogP contribution is 2.36. The number of hydrazine groups is 1. The lowest BCUT2D eigenvalue weighted by Gasteiger charge is -2.07. The number of carbonyl (C=O) groups excluding carboxylic acids is 1. The van der Waals surface area contributed by atoms with Crippen LogP contribution in [0.2, 0.25) is 0 Å². The molecule has 0 bridgehead atoms. The molecule has 1 rings (SSSR count). The predicted octanol–water partition coefficient (Wildman–Crippen LogP) is -0.446. The number of amides is 1. The zero-order valence-electron chi connectivity index (χ0n) is 7.19. The fraction of sp³-hybridized carbons (Fsp3) is 0.125. The maximum atomic E-state index is 9.88. The molecule has 6 nitrogen and oxygen atoms in total. The van der Waals surface area contributed by atoms with Crippen molar-refractivity contribution in [2.24, 2.45) is 0 Å². The lowest BCUT2D eigenvalue weighted by Crippen LogP contribution is -2.29. The number of hydrogen-bond donors (Lipinski definition) is 5. The number of rotatable bonds is 4. The molecule has 0 saturated heterocycles. The largest absolute Gasteiger partial charge is 0.504 e. The molecule has 0 saturated carbocycles. The first-order chi connectivity index (χ1) is 6.66. The summed E-state index contributed by atoms with van der Waals surface area (Å²) in [6.07, 6.45) is 0.442. The van der Waals surface area contributed by atoms with Crippen LogP contribution in [0.5, 0.6) is 17.2 Å². The number of carbonyl (C=O) groups is 1. The Hall–Kier alpha value is -1.95. The average molecular weight is 198 g/mol. The van der Waals surface area contributed by atoms with E-state index in [9.17, 15) is 9.90 Å². The normalized spacial score (nSPS) is 9.71. The van der Waals surface area contributed by atoms with Crippen molar-refractivity contribution in [3.63, 3.8) is 0 Å². The molecule has 0 atom stereocenters. The van der Waals surface area contributed by atoms with Gasteiger partial charge >= 0.3 is 0 Å². The highest BCUT2D eigenvalue weighted by atomic mass is 16.3. The molecular formula is C8H10N2O4. The summed E-state index contributed by atoms with van der Waals surface area (Å²) < 4.78 is 0. The van der Waals surface area contributed by atoms with Crippen molar-refractivity contribution in [2.45, 2.75) is 6.54 Å². The lowest BCUT2D eigenvalue weighted by molar-refractivity contribution is -0.110. The number of phenols is 3. The molecule has 0 fully saturated rings. The van der Waals surface area contributed by atoms with Crippen LogP contribution in [0.15, 0.2) is 12.1 Å². The first-order valence-electron chi connectivity index (χ1n) is 3.81. The smallest absolute Gasteiger partial charge is 0.221 e. The van der Waals surface area contributed by atoms with Gasteiger partial charge in [-0.05, 0) is 6.07 Å². The van der Waals surface area contributed by atoms with Crippen molar-refractivity contribution in [3.8, 4) is 17.2 Å². The Morgan fingerprint density at radius 1 is 1.21 bits per heavy atom. The highest BCUT2D eigenvalue weighted by Gasteiger charge is 2.09. The SMILES string of the molecule is O=CNNCc1ccc(O)c(O)c1O. The van der Waals surface area contributed by atoms with E-state index in [0.29, 0.717) is 12.0 Å².